The zero-order valence-electron chi connectivity index (χ0n) is 10.7. The minimum Gasteiger partial charge on any atom is -0.348 e. The Hall–Kier alpha value is -0.920. The van der Waals surface area contributed by atoms with E-state index in [1.54, 1.807) is 0 Å². The van der Waals surface area contributed by atoms with E-state index in [4.69, 9.17) is 0 Å². The Labute approximate surface area is 128 Å². The van der Waals surface area contributed by atoms with Gasteiger partial charge in [-0.15, -0.1) is 24.8 Å². The summed E-state index contributed by atoms with van der Waals surface area (Å²) in [5, 5.41) is 5.58. The first-order valence-electron chi connectivity index (χ1n) is 5.94. The highest BCUT2D eigenvalue weighted by Gasteiger charge is 2.20. The minimum absolute atomic E-state index is 0. The van der Waals surface area contributed by atoms with Crippen molar-refractivity contribution in [3.05, 3.63) is 18.2 Å². The molecule has 1 aliphatic carbocycles. The van der Waals surface area contributed by atoms with E-state index in [0.29, 0.717) is 5.92 Å². The third-order valence-electron chi connectivity index (χ3n) is 2.82. The van der Waals surface area contributed by atoms with Gasteiger partial charge in [-0.1, -0.05) is 0 Å². The van der Waals surface area contributed by atoms with Gasteiger partial charge in [0.05, 0.1) is 13.1 Å². The lowest BCUT2D eigenvalue weighted by atomic mass is 10.4. The van der Waals surface area contributed by atoms with E-state index in [9.17, 15) is 13.6 Å². The molecule has 0 atom stereocenters. The summed E-state index contributed by atoms with van der Waals surface area (Å²) in [6, 6.07) is 0. The van der Waals surface area contributed by atoms with Crippen LogP contribution in [-0.4, -0.2) is 28.5 Å². The van der Waals surface area contributed by atoms with Crippen molar-refractivity contribution in [3.63, 3.8) is 0 Å². The van der Waals surface area contributed by atoms with Crippen LogP contribution in [0.1, 0.15) is 25.2 Å². The summed E-state index contributed by atoms with van der Waals surface area (Å²) in [5.74, 6) is 0.649. The molecular formula is C11H18Cl2F2N4O. The van der Waals surface area contributed by atoms with Crippen LogP contribution in [0.3, 0.4) is 0 Å². The van der Waals surface area contributed by atoms with Gasteiger partial charge in [0, 0.05) is 12.4 Å². The van der Waals surface area contributed by atoms with E-state index >= 15 is 0 Å². The van der Waals surface area contributed by atoms with Crippen LogP contribution in [-0.2, 0) is 11.3 Å². The number of nitrogens with zero attached hydrogens (tertiary/aromatic N) is 2. The largest absolute Gasteiger partial charge is 0.348 e. The molecule has 1 amide bonds. The summed E-state index contributed by atoms with van der Waals surface area (Å²) >= 11 is 0. The van der Waals surface area contributed by atoms with Gasteiger partial charge in [-0.2, -0.15) is 8.78 Å². The number of hydrogen-bond donors (Lipinski definition) is 2. The second-order valence-electron chi connectivity index (χ2n) is 4.38. The van der Waals surface area contributed by atoms with E-state index in [1.807, 2.05) is 0 Å². The van der Waals surface area contributed by atoms with Gasteiger partial charge < -0.3 is 10.6 Å². The molecule has 0 bridgehead atoms. The fourth-order valence-electron chi connectivity index (χ4n) is 1.61. The van der Waals surface area contributed by atoms with Gasteiger partial charge in [-0.05, 0) is 25.3 Å². The zero-order valence-corrected chi connectivity index (χ0v) is 12.4. The highest BCUT2D eigenvalue weighted by atomic mass is 35.5. The molecule has 2 rings (SSSR count). The average Bonchev–Trinajstić information content (AvgIpc) is 3.02. The van der Waals surface area contributed by atoms with Crippen molar-refractivity contribution in [1.29, 1.82) is 0 Å². The van der Waals surface area contributed by atoms with Crippen LogP contribution in [0.2, 0.25) is 0 Å². The molecule has 20 heavy (non-hydrogen) atoms. The predicted octanol–water partition coefficient (Wildman–Crippen LogP) is 1.74. The molecule has 0 unspecified atom stereocenters. The molecule has 1 aliphatic rings. The Morgan fingerprint density at radius 3 is 2.75 bits per heavy atom. The monoisotopic (exact) mass is 330 g/mol. The molecule has 0 aromatic carbocycles. The van der Waals surface area contributed by atoms with E-state index in [2.05, 4.69) is 15.6 Å². The van der Waals surface area contributed by atoms with Crippen molar-refractivity contribution in [2.24, 2.45) is 5.92 Å². The molecule has 1 fully saturated rings. The third kappa shape index (κ3) is 6.02. The number of alkyl halides is 2. The van der Waals surface area contributed by atoms with E-state index < -0.39 is 6.55 Å². The van der Waals surface area contributed by atoms with Gasteiger partial charge in [0.15, 0.2) is 0 Å². The van der Waals surface area contributed by atoms with Crippen molar-refractivity contribution in [2.45, 2.75) is 25.9 Å². The molecular weight excluding hydrogens is 313 g/mol. The van der Waals surface area contributed by atoms with Crippen LogP contribution in [0.15, 0.2) is 12.4 Å². The summed E-state index contributed by atoms with van der Waals surface area (Å²) < 4.78 is 25.7. The first kappa shape index (κ1) is 19.1. The van der Waals surface area contributed by atoms with E-state index in [-0.39, 0.29) is 49.6 Å². The summed E-state index contributed by atoms with van der Waals surface area (Å²) in [5.41, 5.74) is 0. The standard InChI is InChI=1S/C11H16F2N4O.2ClH/c12-11(13)17-4-3-15-9(17)6-16-10(18)7-14-5-8-1-2-8;;/h3-4,8,11,14H,1-2,5-7H2,(H,16,18);2*1H. The van der Waals surface area contributed by atoms with Crippen molar-refractivity contribution in [3.8, 4) is 0 Å². The molecule has 0 spiro atoms. The van der Waals surface area contributed by atoms with Crippen molar-refractivity contribution < 1.29 is 13.6 Å². The molecule has 1 saturated carbocycles. The molecule has 0 saturated heterocycles. The second kappa shape index (κ2) is 9.10. The smallest absolute Gasteiger partial charge is 0.319 e. The van der Waals surface area contributed by atoms with Gasteiger partial charge in [-0.3, -0.25) is 9.36 Å². The highest BCUT2D eigenvalue weighted by Crippen LogP contribution is 2.27. The van der Waals surface area contributed by atoms with Crippen molar-refractivity contribution in [1.82, 2.24) is 20.2 Å². The fourth-order valence-corrected chi connectivity index (χ4v) is 1.61. The van der Waals surface area contributed by atoms with Gasteiger partial charge in [0.1, 0.15) is 5.82 Å². The molecule has 1 heterocycles. The van der Waals surface area contributed by atoms with Crippen LogP contribution >= 0.6 is 24.8 Å². The minimum atomic E-state index is -2.63. The Morgan fingerprint density at radius 1 is 1.45 bits per heavy atom. The first-order valence-corrected chi connectivity index (χ1v) is 5.94. The number of carbonyl (C=O) groups is 1. The Balaban J connectivity index is 0.00000180. The van der Waals surface area contributed by atoms with Crippen molar-refractivity contribution >= 4 is 30.7 Å². The van der Waals surface area contributed by atoms with E-state index in [0.717, 1.165) is 11.1 Å². The van der Waals surface area contributed by atoms with Crippen LogP contribution in [0.5, 0.6) is 0 Å². The molecule has 5 nitrogen and oxygen atoms in total. The lowest BCUT2D eigenvalue weighted by Gasteiger charge is -2.08. The van der Waals surface area contributed by atoms with Gasteiger partial charge in [-0.25, -0.2) is 4.98 Å². The zero-order chi connectivity index (χ0) is 13.0. The number of aromatic nitrogens is 2. The summed E-state index contributed by atoms with van der Waals surface area (Å²) in [6.45, 7) is -1.56. The van der Waals surface area contributed by atoms with Crippen LogP contribution < -0.4 is 10.6 Å². The van der Waals surface area contributed by atoms with Crippen LogP contribution in [0, 0.1) is 5.92 Å². The maximum absolute atomic E-state index is 12.5. The number of imidazole rings is 1. The number of halogens is 4. The quantitative estimate of drug-likeness (QED) is 0.800. The lowest BCUT2D eigenvalue weighted by Crippen LogP contribution is -2.35. The molecule has 2 N–H and O–H groups in total. The molecule has 0 aliphatic heterocycles. The number of hydrogen-bond acceptors (Lipinski definition) is 3. The van der Waals surface area contributed by atoms with E-state index in [1.165, 1.54) is 25.2 Å². The molecule has 1 aromatic heterocycles. The normalized spacial score (nSPS) is 13.6. The third-order valence-corrected chi connectivity index (χ3v) is 2.82. The summed E-state index contributed by atoms with van der Waals surface area (Å²) in [7, 11) is 0. The Kier molecular flexibility index (Phi) is 8.68. The van der Waals surface area contributed by atoms with Crippen LogP contribution in [0.4, 0.5) is 8.78 Å². The average molecular weight is 331 g/mol. The maximum Gasteiger partial charge on any atom is 0.319 e. The van der Waals surface area contributed by atoms with Gasteiger partial charge in [0.25, 0.3) is 0 Å². The summed E-state index contributed by atoms with van der Waals surface area (Å²) in [4.78, 5) is 15.2. The predicted molar refractivity (Wildman–Crippen MR) is 75.4 cm³/mol. The number of amides is 1. The number of nitrogens with one attached hydrogen (secondary N) is 2. The maximum atomic E-state index is 12.5. The Bertz CT molecular complexity index is 413. The topological polar surface area (TPSA) is 59.0 Å². The summed E-state index contributed by atoms with van der Waals surface area (Å²) in [6.07, 6.45) is 4.93. The number of carbonyl (C=O) groups excluding carboxylic acids is 1. The van der Waals surface area contributed by atoms with Gasteiger partial charge in [0.2, 0.25) is 5.91 Å². The number of rotatable bonds is 7. The highest BCUT2D eigenvalue weighted by molar-refractivity contribution is 5.85. The molecule has 0 radical (unpaired) electrons. The SMILES string of the molecule is Cl.Cl.O=C(CNCC1CC1)NCc1nccn1C(F)F. The second-order valence-corrected chi connectivity index (χ2v) is 4.38. The molecule has 9 heteroatoms. The van der Waals surface area contributed by atoms with Crippen molar-refractivity contribution in [2.75, 3.05) is 13.1 Å². The molecule has 1 aromatic rings. The molecule has 116 valence electrons. The first-order chi connectivity index (χ1) is 8.66. The lowest BCUT2D eigenvalue weighted by molar-refractivity contribution is -0.120. The van der Waals surface area contributed by atoms with Gasteiger partial charge >= 0.3 is 6.55 Å². The fraction of sp³-hybridized carbons (Fsp3) is 0.636. The van der Waals surface area contributed by atoms with Crippen LogP contribution in [0.25, 0.3) is 0 Å². The Morgan fingerprint density at radius 2 is 2.15 bits per heavy atom.